The maximum absolute atomic E-state index is 13.0. The van der Waals surface area contributed by atoms with Gasteiger partial charge in [-0.25, -0.2) is 0 Å². The van der Waals surface area contributed by atoms with E-state index in [1.165, 1.54) is 24.8 Å². The van der Waals surface area contributed by atoms with E-state index < -0.39 is 0 Å². The Bertz CT molecular complexity index is 921. The first-order chi connectivity index (χ1) is 16.6. The topological polar surface area (TPSA) is 70.7 Å². The maximum Gasteiger partial charge on any atom is 0.255 e. The number of nitrogens with one attached hydrogen (secondary N) is 2. The minimum absolute atomic E-state index is 0.120. The van der Waals surface area contributed by atoms with Crippen LogP contribution >= 0.6 is 0 Å². The standard InChI is InChI=1S/C28H39N3O3/c1-3-5-6-10-22-11-13-23(14-12-22)27(32)30-24-15-16-26(31-18-7-8-19-31)25(21-24)28(33)29-17-9-20-34-4-2/h11-16,21H,3-10,17-20H2,1-2H3,(H,29,33)(H,30,32). The number of ether oxygens (including phenoxy) is 1. The molecule has 2 amide bonds. The molecule has 6 nitrogen and oxygen atoms in total. The fourth-order valence-electron chi connectivity index (χ4n) is 4.25. The predicted octanol–water partition coefficient (Wildman–Crippen LogP) is 5.43. The summed E-state index contributed by atoms with van der Waals surface area (Å²) in [5.41, 5.74) is 4.02. The lowest BCUT2D eigenvalue weighted by atomic mass is 10.0. The van der Waals surface area contributed by atoms with Crippen LogP contribution in [0.3, 0.4) is 0 Å². The molecule has 2 aromatic carbocycles. The van der Waals surface area contributed by atoms with E-state index in [2.05, 4.69) is 22.5 Å². The Morgan fingerprint density at radius 1 is 0.941 bits per heavy atom. The second-order valence-electron chi connectivity index (χ2n) is 8.84. The zero-order chi connectivity index (χ0) is 24.2. The molecule has 1 saturated heterocycles. The fourth-order valence-corrected chi connectivity index (χ4v) is 4.25. The molecule has 0 aromatic heterocycles. The lowest BCUT2D eigenvalue weighted by molar-refractivity contribution is 0.0943. The van der Waals surface area contributed by atoms with E-state index in [1.807, 2.05) is 43.3 Å². The number of benzene rings is 2. The Balaban J connectivity index is 1.68. The molecular weight excluding hydrogens is 426 g/mol. The number of rotatable bonds is 13. The van der Waals surface area contributed by atoms with Crippen LogP contribution in [0.25, 0.3) is 0 Å². The molecule has 1 aliphatic rings. The smallest absolute Gasteiger partial charge is 0.255 e. The molecule has 2 aromatic rings. The van der Waals surface area contributed by atoms with Crippen molar-refractivity contribution in [2.24, 2.45) is 0 Å². The molecule has 0 aliphatic carbocycles. The monoisotopic (exact) mass is 465 g/mol. The molecule has 3 rings (SSSR count). The van der Waals surface area contributed by atoms with E-state index in [0.717, 1.165) is 44.5 Å². The van der Waals surface area contributed by atoms with Gasteiger partial charge in [0.2, 0.25) is 0 Å². The van der Waals surface area contributed by atoms with Gasteiger partial charge in [0.1, 0.15) is 0 Å². The Kier molecular flexibility index (Phi) is 10.4. The van der Waals surface area contributed by atoms with Gasteiger partial charge in [-0.3, -0.25) is 9.59 Å². The van der Waals surface area contributed by atoms with Crippen LogP contribution in [0, 0.1) is 0 Å². The van der Waals surface area contributed by atoms with Gasteiger partial charge in [0.15, 0.2) is 0 Å². The molecule has 0 unspecified atom stereocenters. The molecule has 2 N–H and O–H groups in total. The van der Waals surface area contributed by atoms with Crippen molar-refractivity contribution in [2.45, 2.75) is 58.8 Å². The molecule has 0 radical (unpaired) electrons. The second-order valence-corrected chi connectivity index (χ2v) is 8.84. The Morgan fingerprint density at radius 3 is 2.41 bits per heavy atom. The van der Waals surface area contributed by atoms with Crippen LogP contribution in [0.15, 0.2) is 42.5 Å². The molecule has 0 spiro atoms. The highest BCUT2D eigenvalue weighted by Crippen LogP contribution is 2.28. The number of carbonyl (C=O) groups is 2. The van der Waals surface area contributed by atoms with Crippen LogP contribution in [0.5, 0.6) is 0 Å². The van der Waals surface area contributed by atoms with Crippen molar-refractivity contribution in [3.8, 4) is 0 Å². The van der Waals surface area contributed by atoms with Gasteiger partial charge in [-0.2, -0.15) is 0 Å². The number of unbranched alkanes of at least 4 members (excludes halogenated alkanes) is 2. The molecule has 0 saturated carbocycles. The highest BCUT2D eigenvalue weighted by atomic mass is 16.5. The number of anilines is 2. The first kappa shape index (κ1) is 25.8. The number of nitrogens with zero attached hydrogens (tertiary/aromatic N) is 1. The third-order valence-corrected chi connectivity index (χ3v) is 6.19. The summed E-state index contributed by atoms with van der Waals surface area (Å²) in [6.07, 6.45) is 7.65. The van der Waals surface area contributed by atoms with E-state index in [0.29, 0.717) is 36.6 Å². The quantitative estimate of drug-likeness (QED) is 0.387. The lowest BCUT2D eigenvalue weighted by Gasteiger charge is -2.22. The Labute approximate surface area is 204 Å². The van der Waals surface area contributed by atoms with Crippen molar-refractivity contribution in [1.29, 1.82) is 0 Å². The molecule has 6 heteroatoms. The Hall–Kier alpha value is -2.86. The molecular formula is C28H39N3O3. The normalized spacial score (nSPS) is 13.2. The van der Waals surface area contributed by atoms with Crippen LogP contribution in [0.1, 0.15) is 78.7 Å². The maximum atomic E-state index is 13.0. The molecule has 1 fully saturated rings. The van der Waals surface area contributed by atoms with Crippen molar-refractivity contribution in [3.05, 3.63) is 59.2 Å². The zero-order valence-corrected chi connectivity index (χ0v) is 20.7. The van der Waals surface area contributed by atoms with Crippen molar-refractivity contribution in [2.75, 3.05) is 43.1 Å². The van der Waals surface area contributed by atoms with Crippen molar-refractivity contribution in [1.82, 2.24) is 5.32 Å². The van der Waals surface area contributed by atoms with Crippen LogP contribution in [0.2, 0.25) is 0 Å². The SMILES string of the molecule is CCCCCc1ccc(C(=O)Nc2ccc(N3CCCC3)c(C(=O)NCCCOCC)c2)cc1. The first-order valence-corrected chi connectivity index (χ1v) is 12.8. The Morgan fingerprint density at radius 2 is 1.71 bits per heavy atom. The van der Waals surface area contributed by atoms with Gasteiger partial charge in [-0.15, -0.1) is 0 Å². The number of amides is 2. The molecule has 1 aliphatic heterocycles. The van der Waals surface area contributed by atoms with Crippen molar-refractivity contribution in [3.63, 3.8) is 0 Å². The van der Waals surface area contributed by atoms with Gasteiger partial charge in [-0.05, 0) is 74.9 Å². The lowest BCUT2D eigenvalue weighted by Crippen LogP contribution is -2.29. The second kappa shape index (κ2) is 13.8. The first-order valence-electron chi connectivity index (χ1n) is 12.8. The van der Waals surface area contributed by atoms with Gasteiger partial charge in [-0.1, -0.05) is 31.9 Å². The van der Waals surface area contributed by atoms with Gasteiger partial charge in [0.25, 0.3) is 11.8 Å². The summed E-state index contributed by atoms with van der Waals surface area (Å²) < 4.78 is 5.36. The largest absolute Gasteiger partial charge is 0.382 e. The van der Waals surface area contributed by atoms with E-state index in [9.17, 15) is 9.59 Å². The van der Waals surface area contributed by atoms with Crippen LogP contribution in [-0.4, -0.2) is 44.7 Å². The van der Waals surface area contributed by atoms with Gasteiger partial charge < -0.3 is 20.3 Å². The molecule has 184 valence electrons. The van der Waals surface area contributed by atoms with Crippen molar-refractivity contribution < 1.29 is 14.3 Å². The summed E-state index contributed by atoms with van der Waals surface area (Å²) in [7, 11) is 0. The molecule has 0 bridgehead atoms. The predicted molar refractivity (Wildman–Crippen MR) is 139 cm³/mol. The molecule has 34 heavy (non-hydrogen) atoms. The van der Waals surface area contributed by atoms with Crippen LogP contribution in [-0.2, 0) is 11.2 Å². The molecule has 0 atom stereocenters. The highest BCUT2D eigenvalue weighted by Gasteiger charge is 2.20. The summed E-state index contributed by atoms with van der Waals surface area (Å²) in [6.45, 7) is 7.91. The minimum atomic E-state index is -0.169. The summed E-state index contributed by atoms with van der Waals surface area (Å²) in [5.74, 6) is -0.289. The van der Waals surface area contributed by atoms with Gasteiger partial charge in [0.05, 0.1) is 5.56 Å². The molecule has 1 heterocycles. The fraction of sp³-hybridized carbons (Fsp3) is 0.500. The summed E-state index contributed by atoms with van der Waals surface area (Å²) in [6, 6.07) is 13.4. The van der Waals surface area contributed by atoms with E-state index in [4.69, 9.17) is 4.74 Å². The summed E-state index contributed by atoms with van der Waals surface area (Å²) in [4.78, 5) is 28.1. The highest BCUT2D eigenvalue weighted by molar-refractivity contribution is 6.06. The zero-order valence-electron chi connectivity index (χ0n) is 20.7. The average molecular weight is 466 g/mol. The third kappa shape index (κ3) is 7.59. The van der Waals surface area contributed by atoms with E-state index >= 15 is 0 Å². The number of aryl methyl sites for hydroxylation is 1. The summed E-state index contributed by atoms with van der Waals surface area (Å²) >= 11 is 0. The van der Waals surface area contributed by atoms with Gasteiger partial charge in [0, 0.05) is 49.8 Å². The van der Waals surface area contributed by atoms with Crippen LogP contribution in [0.4, 0.5) is 11.4 Å². The van der Waals surface area contributed by atoms with E-state index in [-0.39, 0.29) is 11.8 Å². The number of carbonyl (C=O) groups excluding carboxylic acids is 2. The third-order valence-electron chi connectivity index (χ3n) is 6.19. The van der Waals surface area contributed by atoms with Gasteiger partial charge >= 0.3 is 0 Å². The average Bonchev–Trinajstić information content (AvgIpc) is 3.39. The van der Waals surface area contributed by atoms with Crippen molar-refractivity contribution >= 4 is 23.2 Å². The summed E-state index contributed by atoms with van der Waals surface area (Å²) in [5, 5.41) is 5.97. The number of hydrogen-bond acceptors (Lipinski definition) is 4. The number of hydrogen-bond donors (Lipinski definition) is 2. The van der Waals surface area contributed by atoms with Crippen LogP contribution < -0.4 is 15.5 Å². The minimum Gasteiger partial charge on any atom is -0.382 e. The van der Waals surface area contributed by atoms with E-state index in [1.54, 1.807) is 6.07 Å².